The Morgan fingerprint density at radius 1 is 1.12 bits per heavy atom. The summed E-state index contributed by atoms with van der Waals surface area (Å²) < 4.78 is 6.00. The fourth-order valence-electron chi connectivity index (χ4n) is 2.73. The van der Waals surface area contributed by atoms with Gasteiger partial charge in [-0.25, -0.2) is 0 Å². The highest BCUT2D eigenvalue weighted by atomic mass is 32.1. The Bertz CT molecular complexity index is 360. The molecule has 0 saturated heterocycles. The molecule has 1 aliphatic rings. The van der Waals surface area contributed by atoms with Gasteiger partial charge in [0.15, 0.2) is 0 Å². The molecule has 17 heavy (non-hydrogen) atoms. The summed E-state index contributed by atoms with van der Waals surface area (Å²) in [7, 11) is 0. The van der Waals surface area contributed by atoms with Gasteiger partial charge in [0.25, 0.3) is 0 Å². The van der Waals surface area contributed by atoms with Crippen LogP contribution in [0.15, 0.2) is 18.2 Å². The SMILES string of the molecule is Cc1cc(C)cc(OCC2(CS)CCCC2)c1. The Balaban J connectivity index is 2.01. The van der Waals surface area contributed by atoms with Crippen molar-refractivity contribution in [1.82, 2.24) is 0 Å². The zero-order valence-corrected chi connectivity index (χ0v) is 11.7. The molecule has 2 rings (SSSR count). The third kappa shape index (κ3) is 3.19. The number of thiol groups is 1. The molecule has 0 unspecified atom stereocenters. The minimum absolute atomic E-state index is 0.320. The average Bonchev–Trinajstić information content (AvgIpc) is 2.74. The second-order valence-electron chi connectivity index (χ2n) is 5.48. The fourth-order valence-corrected chi connectivity index (χ4v) is 3.13. The van der Waals surface area contributed by atoms with Crippen molar-refractivity contribution in [3.8, 4) is 5.75 Å². The van der Waals surface area contributed by atoms with Crippen molar-refractivity contribution < 1.29 is 4.74 Å². The van der Waals surface area contributed by atoms with Crippen LogP contribution in [0.2, 0.25) is 0 Å². The molecule has 0 aliphatic heterocycles. The Labute approximate surface area is 110 Å². The first-order valence-corrected chi connectivity index (χ1v) is 7.09. The van der Waals surface area contributed by atoms with E-state index in [0.29, 0.717) is 5.41 Å². The summed E-state index contributed by atoms with van der Waals surface area (Å²) in [5, 5.41) is 0. The predicted molar refractivity (Wildman–Crippen MR) is 76.2 cm³/mol. The average molecular weight is 250 g/mol. The van der Waals surface area contributed by atoms with Gasteiger partial charge in [0, 0.05) is 5.41 Å². The molecule has 1 aromatic rings. The third-order valence-electron chi connectivity index (χ3n) is 3.74. The lowest BCUT2D eigenvalue weighted by molar-refractivity contribution is 0.173. The first-order chi connectivity index (χ1) is 8.13. The predicted octanol–water partition coefficient (Wildman–Crippen LogP) is 4.17. The van der Waals surface area contributed by atoms with Crippen LogP contribution in [0.1, 0.15) is 36.8 Å². The molecule has 0 aromatic heterocycles. The lowest BCUT2D eigenvalue weighted by Crippen LogP contribution is -2.27. The molecule has 1 aromatic carbocycles. The van der Waals surface area contributed by atoms with Crippen molar-refractivity contribution >= 4 is 12.6 Å². The van der Waals surface area contributed by atoms with E-state index in [2.05, 4.69) is 44.7 Å². The van der Waals surface area contributed by atoms with Crippen LogP contribution in [0.4, 0.5) is 0 Å². The van der Waals surface area contributed by atoms with Crippen LogP contribution >= 0.6 is 12.6 Å². The molecule has 0 amide bonds. The molecule has 0 radical (unpaired) electrons. The van der Waals surface area contributed by atoms with E-state index in [-0.39, 0.29) is 0 Å². The Morgan fingerprint density at radius 3 is 2.24 bits per heavy atom. The van der Waals surface area contributed by atoms with E-state index in [9.17, 15) is 0 Å². The maximum atomic E-state index is 6.00. The van der Waals surface area contributed by atoms with Gasteiger partial charge in [0.2, 0.25) is 0 Å². The highest BCUT2D eigenvalue weighted by Crippen LogP contribution is 2.39. The third-order valence-corrected chi connectivity index (χ3v) is 4.41. The van der Waals surface area contributed by atoms with Gasteiger partial charge in [-0.3, -0.25) is 0 Å². The van der Waals surface area contributed by atoms with Gasteiger partial charge in [-0.15, -0.1) is 0 Å². The van der Waals surface area contributed by atoms with E-state index in [1.807, 2.05) is 0 Å². The Kier molecular flexibility index (Phi) is 4.03. The number of rotatable bonds is 4. The maximum Gasteiger partial charge on any atom is 0.119 e. The van der Waals surface area contributed by atoms with E-state index < -0.39 is 0 Å². The van der Waals surface area contributed by atoms with Gasteiger partial charge in [-0.1, -0.05) is 18.9 Å². The van der Waals surface area contributed by atoms with Crippen molar-refractivity contribution in [2.75, 3.05) is 12.4 Å². The smallest absolute Gasteiger partial charge is 0.119 e. The van der Waals surface area contributed by atoms with E-state index >= 15 is 0 Å². The lowest BCUT2D eigenvalue weighted by atomic mass is 9.90. The summed E-state index contributed by atoms with van der Waals surface area (Å²) in [5.41, 5.74) is 2.86. The highest BCUT2D eigenvalue weighted by Gasteiger charge is 2.33. The molecule has 0 N–H and O–H groups in total. The molecule has 1 saturated carbocycles. The topological polar surface area (TPSA) is 9.23 Å². The number of ether oxygens (including phenoxy) is 1. The molecule has 0 heterocycles. The molecule has 2 heteroatoms. The van der Waals surface area contributed by atoms with Crippen LogP contribution in [0.5, 0.6) is 5.75 Å². The summed E-state index contributed by atoms with van der Waals surface area (Å²) >= 11 is 4.51. The van der Waals surface area contributed by atoms with E-state index in [0.717, 1.165) is 18.1 Å². The molecule has 1 aliphatic carbocycles. The number of aryl methyl sites for hydroxylation is 2. The molecule has 1 nitrogen and oxygen atoms in total. The minimum atomic E-state index is 0.320. The first-order valence-electron chi connectivity index (χ1n) is 6.46. The largest absolute Gasteiger partial charge is 0.493 e. The lowest BCUT2D eigenvalue weighted by Gasteiger charge is -2.26. The molecule has 1 fully saturated rings. The molecular formula is C15H22OS. The van der Waals surface area contributed by atoms with Crippen LogP contribution in [-0.4, -0.2) is 12.4 Å². The van der Waals surface area contributed by atoms with Gasteiger partial charge in [-0.05, 0) is 55.7 Å². The van der Waals surface area contributed by atoms with Crippen molar-refractivity contribution in [2.24, 2.45) is 5.41 Å². The zero-order valence-electron chi connectivity index (χ0n) is 10.8. The van der Waals surface area contributed by atoms with Gasteiger partial charge < -0.3 is 4.74 Å². The van der Waals surface area contributed by atoms with Gasteiger partial charge in [-0.2, -0.15) is 12.6 Å². The van der Waals surface area contributed by atoms with Crippen LogP contribution < -0.4 is 4.74 Å². The summed E-state index contributed by atoms with van der Waals surface area (Å²) in [6.07, 6.45) is 5.19. The van der Waals surface area contributed by atoms with Gasteiger partial charge in [0.05, 0.1) is 6.61 Å². The van der Waals surface area contributed by atoms with Crippen LogP contribution in [-0.2, 0) is 0 Å². The van der Waals surface area contributed by atoms with Crippen LogP contribution in [0.3, 0.4) is 0 Å². The summed E-state index contributed by atoms with van der Waals surface area (Å²) in [6.45, 7) is 5.05. The number of hydrogen-bond acceptors (Lipinski definition) is 2. The van der Waals surface area contributed by atoms with Crippen molar-refractivity contribution in [3.63, 3.8) is 0 Å². The van der Waals surface area contributed by atoms with E-state index in [1.54, 1.807) is 0 Å². The van der Waals surface area contributed by atoms with Crippen molar-refractivity contribution in [2.45, 2.75) is 39.5 Å². The zero-order chi connectivity index (χ0) is 12.3. The molecule has 94 valence electrons. The van der Waals surface area contributed by atoms with Gasteiger partial charge >= 0.3 is 0 Å². The monoisotopic (exact) mass is 250 g/mol. The second kappa shape index (κ2) is 5.34. The maximum absolute atomic E-state index is 6.00. The standard InChI is InChI=1S/C15H22OS/c1-12-7-13(2)9-14(8-12)16-10-15(11-17)5-3-4-6-15/h7-9,17H,3-6,10-11H2,1-2H3. The molecule has 0 bridgehead atoms. The number of hydrogen-bond donors (Lipinski definition) is 1. The molecule has 0 spiro atoms. The quantitative estimate of drug-likeness (QED) is 0.789. The second-order valence-corrected chi connectivity index (χ2v) is 5.79. The summed E-state index contributed by atoms with van der Waals surface area (Å²) in [5.74, 6) is 1.95. The van der Waals surface area contributed by atoms with E-state index in [4.69, 9.17) is 4.74 Å². The number of benzene rings is 1. The van der Waals surface area contributed by atoms with Gasteiger partial charge in [0.1, 0.15) is 5.75 Å². The summed E-state index contributed by atoms with van der Waals surface area (Å²) in [6, 6.07) is 6.42. The molecule has 0 atom stereocenters. The van der Waals surface area contributed by atoms with Crippen molar-refractivity contribution in [3.05, 3.63) is 29.3 Å². The highest BCUT2D eigenvalue weighted by molar-refractivity contribution is 7.80. The summed E-state index contributed by atoms with van der Waals surface area (Å²) in [4.78, 5) is 0. The Hall–Kier alpha value is -0.630. The fraction of sp³-hybridized carbons (Fsp3) is 0.600. The molecular weight excluding hydrogens is 228 g/mol. The van der Waals surface area contributed by atoms with Crippen LogP contribution in [0, 0.1) is 19.3 Å². The van der Waals surface area contributed by atoms with Crippen molar-refractivity contribution in [1.29, 1.82) is 0 Å². The van der Waals surface area contributed by atoms with E-state index in [1.165, 1.54) is 36.8 Å². The normalized spacial score (nSPS) is 18.3. The Morgan fingerprint density at radius 2 is 1.71 bits per heavy atom. The van der Waals surface area contributed by atoms with Crippen LogP contribution in [0.25, 0.3) is 0 Å². The minimum Gasteiger partial charge on any atom is -0.493 e. The first kappa shape index (κ1) is 12.8.